The number of hydrogen-bond donors (Lipinski definition) is 0. The van der Waals surface area contributed by atoms with Gasteiger partial charge in [0.2, 0.25) is 5.28 Å². The lowest BCUT2D eigenvalue weighted by Crippen LogP contribution is -2.46. The van der Waals surface area contributed by atoms with Crippen LogP contribution in [0.1, 0.15) is 13.3 Å². The first-order valence-electron chi connectivity index (χ1n) is 6.66. The van der Waals surface area contributed by atoms with Gasteiger partial charge < -0.3 is 4.90 Å². The number of rotatable bonds is 3. The predicted octanol–water partition coefficient (Wildman–Crippen LogP) is 2.88. The highest BCUT2D eigenvalue weighted by atomic mass is 35.5. The van der Waals surface area contributed by atoms with E-state index in [0.717, 1.165) is 42.2 Å². The van der Waals surface area contributed by atoms with Crippen LogP contribution in [-0.2, 0) is 0 Å². The molecule has 0 aromatic carbocycles. The molecule has 1 aliphatic rings. The zero-order valence-electron chi connectivity index (χ0n) is 11.0. The highest BCUT2D eigenvalue weighted by Gasteiger charge is 2.20. The van der Waals surface area contributed by atoms with Gasteiger partial charge in [-0.25, -0.2) is 4.98 Å². The third-order valence-corrected chi connectivity index (χ3v) is 4.46. The molecule has 2 aromatic heterocycles. The highest BCUT2D eigenvalue weighted by Crippen LogP contribution is 2.29. The summed E-state index contributed by atoms with van der Waals surface area (Å²) in [6.45, 7) is 7.64. The van der Waals surface area contributed by atoms with E-state index >= 15 is 0 Å². The normalized spacial score (nSPS) is 17.3. The van der Waals surface area contributed by atoms with Crippen molar-refractivity contribution in [1.29, 1.82) is 0 Å². The lowest BCUT2D eigenvalue weighted by molar-refractivity contribution is 0.258. The van der Waals surface area contributed by atoms with Crippen LogP contribution in [0.2, 0.25) is 5.28 Å². The zero-order valence-corrected chi connectivity index (χ0v) is 12.5. The molecule has 0 N–H and O–H groups in total. The summed E-state index contributed by atoms with van der Waals surface area (Å²) in [7, 11) is 0. The molecule has 19 heavy (non-hydrogen) atoms. The minimum absolute atomic E-state index is 0.348. The van der Waals surface area contributed by atoms with Crippen molar-refractivity contribution in [2.45, 2.75) is 13.3 Å². The summed E-state index contributed by atoms with van der Waals surface area (Å²) in [5.74, 6) is 0.993. The number of thiophene rings is 1. The Balaban J connectivity index is 1.83. The van der Waals surface area contributed by atoms with Crippen molar-refractivity contribution < 1.29 is 0 Å². The molecule has 2 aromatic rings. The first kappa shape index (κ1) is 13.1. The molecule has 0 spiro atoms. The van der Waals surface area contributed by atoms with Crippen LogP contribution in [0.3, 0.4) is 0 Å². The molecule has 0 bridgehead atoms. The molecule has 102 valence electrons. The molecule has 3 heterocycles. The largest absolute Gasteiger partial charge is 0.353 e. The summed E-state index contributed by atoms with van der Waals surface area (Å²) >= 11 is 7.64. The molecule has 3 rings (SSSR count). The van der Waals surface area contributed by atoms with Gasteiger partial charge in [-0.2, -0.15) is 4.98 Å². The highest BCUT2D eigenvalue weighted by molar-refractivity contribution is 7.16. The summed E-state index contributed by atoms with van der Waals surface area (Å²) in [6, 6.07) is 2.09. The molecule has 4 nitrogen and oxygen atoms in total. The van der Waals surface area contributed by atoms with Crippen LogP contribution in [0.5, 0.6) is 0 Å². The maximum Gasteiger partial charge on any atom is 0.225 e. The molecular weight excluding hydrogens is 280 g/mol. The monoisotopic (exact) mass is 296 g/mol. The van der Waals surface area contributed by atoms with Gasteiger partial charge in [0, 0.05) is 26.2 Å². The Morgan fingerprint density at radius 1 is 1.26 bits per heavy atom. The Labute approximate surface area is 122 Å². The van der Waals surface area contributed by atoms with Crippen molar-refractivity contribution in [1.82, 2.24) is 14.9 Å². The standard InChI is InChI=1S/C13H17ClN4S/c1-2-4-17-5-7-18(8-6-17)11-10-3-9-19-12(10)16-13(14)15-11/h3,9H,2,4-8H2,1H3. The molecule has 0 unspecified atom stereocenters. The van der Waals surface area contributed by atoms with Crippen molar-refractivity contribution in [3.05, 3.63) is 16.7 Å². The van der Waals surface area contributed by atoms with Crippen LogP contribution in [0, 0.1) is 0 Å². The van der Waals surface area contributed by atoms with Crippen LogP contribution in [0.15, 0.2) is 11.4 Å². The Kier molecular flexibility index (Phi) is 3.86. The van der Waals surface area contributed by atoms with Crippen molar-refractivity contribution in [2.24, 2.45) is 0 Å². The fourth-order valence-electron chi connectivity index (χ4n) is 2.56. The van der Waals surface area contributed by atoms with E-state index in [-0.39, 0.29) is 0 Å². The minimum atomic E-state index is 0.348. The second-order valence-corrected chi connectivity index (χ2v) is 6.02. The lowest BCUT2D eigenvalue weighted by atomic mass is 10.2. The molecule has 0 radical (unpaired) electrons. The molecule has 1 fully saturated rings. The third kappa shape index (κ3) is 2.68. The summed E-state index contributed by atoms with van der Waals surface area (Å²) < 4.78 is 0. The van der Waals surface area contributed by atoms with Gasteiger partial charge >= 0.3 is 0 Å². The van der Waals surface area contributed by atoms with Crippen LogP contribution in [-0.4, -0.2) is 47.6 Å². The maximum absolute atomic E-state index is 6.03. The van der Waals surface area contributed by atoms with Crippen molar-refractivity contribution in [3.63, 3.8) is 0 Å². The van der Waals surface area contributed by atoms with Crippen LogP contribution >= 0.6 is 22.9 Å². The summed E-state index contributed by atoms with van der Waals surface area (Å²) in [5, 5.41) is 3.52. The predicted molar refractivity (Wildman–Crippen MR) is 81.4 cm³/mol. The van der Waals surface area contributed by atoms with Gasteiger partial charge in [-0.3, -0.25) is 4.90 Å². The molecule has 1 saturated heterocycles. The van der Waals surface area contributed by atoms with E-state index in [1.807, 2.05) is 5.38 Å². The number of piperazine rings is 1. The Morgan fingerprint density at radius 2 is 2.05 bits per heavy atom. The Morgan fingerprint density at radius 3 is 2.79 bits per heavy atom. The van der Waals surface area contributed by atoms with Gasteiger partial charge in [-0.05, 0) is 36.0 Å². The lowest BCUT2D eigenvalue weighted by Gasteiger charge is -2.35. The van der Waals surface area contributed by atoms with Crippen LogP contribution in [0.4, 0.5) is 5.82 Å². The number of anilines is 1. The second-order valence-electron chi connectivity index (χ2n) is 4.78. The first-order valence-corrected chi connectivity index (χ1v) is 7.91. The fourth-order valence-corrected chi connectivity index (χ4v) is 3.53. The second kappa shape index (κ2) is 5.61. The smallest absolute Gasteiger partial charge is 0.225 e. The molecule has 0 amide bonds. The average Bonchev–Trinajstić information content (AvgIpc) is 2.87. The maximum atomic E-state index is 6.03. The number of halogens is 1. The quantitative estimate of drug-likeness (QED) is 0.815. The van der Waals surface area contributed by atoms with E-state index < -0.39 is 0 Å². The summed E-state index contributed by atoms with van der Waals surface area (Å²) in [6.07, 6.45) is 1.22. The van der Waals surface area contributed by atoms with Crippen molar-refractivity contribution in [3.8, 4) is 0 Å². The average molecular weight is 297 g/mol. The summed E-state index contributed by atoms with van der Waals surface area (Å²) in [5.41, 5.74) is 0. The van der Waals surface area contributed by atoms with Crippen molar-refractivity contribution >= 4 is 39.0 Å². The van der Waals surface area contributed by atoms with E-state index in [1.165, 1.54) is 13.0 Å². The van der Waals surface area contributed by atoms with E-state index in [9.17, 15) is 0 Å². The van der Waals surface area contributed by atoms with Gasteiger partial charge in [0.1, 0.15) is 10.6 Å². The third-order valence-electron chi connectivity index (χ3n) is 3.49. The molecule has 0 aliphatic carbocycles. The number of aromatic nitrogens is 2. The van der Waals surface area contributed by atoms with Gasteiger partial charge in [-0.1, -0.05) is 6.92 Å². The number of nitrogens with zero attached hydrogens (tertiary/aromatic N) is 4. The topological polar surface area (TPSA) is 32.3 Å². The van der Waals surface area contributed by atoms with Crippen LogP contribution in [0.25, 0.3) is 10.2 Å². The minimum Gasteiger partial charge on any atom is -0.353 e. The van der Waals surface area contributed by atoms with Crippen LogP contribution < -0.4 is 4.90 Å². The fraction of sp³-hybridized carbons (Fsp3) is 0.538. The van der Waals surface area contributed by atoms with E-state index in [4.69, 9.17) is 11.6 Å². The Bertz CT molecular complexity index is 563. The molecule has 0 atom stereocenters. The van der Waals surface area contributed by atoms with Crippen molar-refractivity contribution in [2.75, 3.05) is 37.6 Å². The van der Waals surface area contributed by atoms with Gasteiger partial charge in [0.25, 0.3) is 0 Å². The summed E-state index contributed by atoms with van der Waals surface area (Å²) in [4.78, 5) is 14.5. The Hall–Kier alpha value is -0.910. The SMILES string of the molecule is CCCN1CCN(c2nc(Cl)nc3sccc23)CC1. The number of hydrogen-bond acceptors (Lipinski definition) is 5. The van der Waals surface area contributed by atoms with Gasteiger partial charge in [0.05, 0.1) is 5.39 Å². The van der Waals surface area contributed by atoms with Gasteiger partial charge in [-0.15, -0.1) is 11.3 Å². The molecule has 0 saturated carbocycles. The van der Waals surface area contributed by atoms with E-state index in [0.29, 0.717) is 5.28 Å². The molecular formula is C13H17ClN4S. The molecule has 6 heteroatoms. The number of fused-ring (bicyclic) bond motifs is 1. The zero-order chi connectivity index (χ0) is 13.2. The van der Waals surface area contributed by atoms with E-state index in [2.05, 4.69) is 32.8 Å². The van der Waals surface area contributed by atoms with Gasteiger partial charge in [0.15, 0.2) is 0 Å². The van der Waals surface area contributed by atoms with E-state index in [1.54, 1.807) is 11.3 Å². The first-order chi connectivity index (χ1) is 9.28. The molecule has 1 aliphatic heterocycles.